The van der Waals surface area contributed by atoms with Gasteiger partial charge in [-0.3, -0.25) is 9.59 Å². The minimum atomic E-state index is -0.134. The second-order valence-electron chi connectivity index (χ2n) is 6.49. The predicted octanol–water partition coefficient (Wildman–Crippen LogP) is 4.88. The van der Waals surface area contributed by atoms with Crippen molar-refractivity contribution in [3.8, 4) is 0 Å². The van der Waals surface area contributed by atoms with Crippen LogP contribution in [-0.4, -0.2) is 29.8 Å². The number of carbonyl (C=O) groups is 2. The molecule has 1 fully saturated rings. The second-order valence-corrected chi connectivity index (χ2v) is 7.36. The Balaban J connectivity index is 1.51. The number of carbonyl (C=O) groups excluding carboxylic acids is 2. The highest BCUT2D eigenvalue weighted by atomic mass is 35.5. The summed E-state index contributed by atoms with van der Waals surface area (Å²) in [6.07, 6.45) is 4.66. The van der Waals surface area contributed by atoms with Crippen molar-refractivity contribution in [1.29, 1.82) is 0 Å². The molecule has 0 aromatic heterocycles. The Bertz CT molecular complexity index is 824. The average molecular weight is 403 g/mol. The molecule has 3 rings (SSSR count). The van der Waals surface area contributed by atoms with Crippen molar-refractivity contribution in [2.45, 2.75) is 12.8 Å². The zero-order valence-corrected chi connectivity index (χ0v) is 16.2. The summed E-state index contributed by atoms with van der Waals surface area (Å²) in [4.78, 5) is 26.6. The molecule has 140 valence electrons. The molecule has 1 N–H and O–H groups in total. The molecule has 2 aromatic rings. The van der Waals surface area contributed by atoms with E-state index in [4.69, 9.17) is 23.2 Å². The molecule has 6 heteroatoms. The average Bonchev–Trinajstić information content (AvgIpc) is 2.66. The summed E-state index contributed by atoms with van der Waals surface area (Å²) < 4.78 is 0. The first-order valence-corrected chi connectivity index (χ1v) is 9.56. The van der Waals surface area contributed by atoms with Gasteiger partial charge < -0.3 is 10.2 Å². The summed E-state index contributed by atoms with van der Waals surface area (Å²) in [5.74, 6) is -0.232. The summed E-state index contributed by atoms with van der Waals surface area (Å²) in [6.45, 7) is 1.12. The molecule has 2 aromatic carbocycles. The monoisotopic (exact) mass is 402 g/mol. The van der Waals surface area contributed by atoms with Gasteiger partial charge in [0.2, 0.25) is 11.8 Å². The fourth-order valence-corrected chi connectivity index (χ4v) is 3.60. The number of hydrogen-bond donors (Lipinski definition) is 1. The lowest BCUT2D eigenvalue weighted by molar-refractivity contribution is -0.130. The minimum Gasteiger partial charge on any atom is -0.339 e. The molecule has 1 saturated heterocycles. The van der Waals surface area contributed by atoms with Crippen molar-refractivity contribution < 1.29 is 9.59 Å². The predicted molar refractivity (Wildman–Crippen MR) is 110 cm³/mol. The van der Waals surface area contributed by atoms with E-state index >= 15 is 0 Å². The van der Waals surface area contributed by atoms with E-state index in [1.165, 1.54) is 0 Å². The van der Waals surface area contributed by atoms with E-state index < -0.39 is 0 Å². The van der Waals surface area contributed by atoms with Gasteiger partial charge in [0.25, 0.3) is 0 Å². The zero-order valence-electron chi connectivity index (χ0n) is 14.7. The molecule has 1 heterocycles. The number of nitrogens with one attached hydrogen (secondary N) is 1. The van der Waals surface area contributed by atoms with Crippen LogP contribution in [0.5, 0.6) is 0 Å². The van der Waals surface area contributed by atoms with Gasteiger partial charge in [0, 0.05) is 40.8 Å². The van der Waals surface area contributed by atoms with Crippen LogP contribution in [-0.2, 0) is 9.59 Å². The number of rotatable bonds is 4. The van der Waals surface area contributed by atoms with Gasteiger partial charge in [-0.15, -0.1) is 0 Å². The van der Waals surface area contributed by atoms with E-state index in [0.29, 0.717) is 41.7 Å². The summed E-state index contributed by atoms with van der Waals surface area (Å²) in [5.41, 5.74) is 1.57. The van der Waals surface area contributed by atoms with Crippen molar-refractivity contribution in [1.82, 2.24) is 4.90 Å². The third kappa shape index (κ3) is 5.59. The molecule has 0 aliphatic carbocycles. The molecule has 0 spiro atoms. The van der Waals surface area contributed by atoms with E-state index in [1.807, 2.05) is 36.4 Å². The number of anilines is 1. The van der Waals surface area contributed by atoms with Gasteiger partial charge in [0.15, 0.2) is 0 Å². The maximum absolute atomic E-state index is 12.5. The summed E-state index contributed by atoms with van der Waals surface area (Å²) >= 11 is 11.9. The van der Waals surface area contributed by atoms with Gasteiger partial charge in [-0.2, -0.15) is 0 Å². The van der Waals surface area contributed by atoms with Crippen LogP contribution < -0.4 is 5.32 Å². The van der Waals surface area contributed by atoms with Crippen LogP contribution in [0.25, 0.3) is 6.08 Å². The van der Waals surface area contributed by atoms with Crippen molar-refractivity contribution in [3.63, 3.8) is 0 Å². The first kappa shape index (κ1) is 19.5. The van der Waals surface area contributed by atoms with Gasteiger partial charge in [-0.1, -0.05) is 53.5 Å². The molecule has 27 heavy (non-hydrogen) atoms. The Morgan fingerprint density at radius 3 is 2.26 bits per heavy atom. The van der Waals surface area contributed by atoms with Crippen LogP contribution in [0.4, 0.5) is 5.69 Å². The highest BCUT2D eigenvalue weighted by Gasteiger charge is 2.26. The number of amides is 2. The van der Waals surface area contributed by atoms with E-state index in [0.717, 1.165) is 5.56 Å². The van der Waals surface area contributed by atoms with Crippen LogP contribution in [0.15, 0.2) is 54.6 Å². The maximum Gasteiger partial charge on any atom is 0.246 e. The molecular formula is C21H20Cl2N2O2. The van der Waals surface area contributed by atoms with Gasteiger partial charge in [-0.05, 0) is 42.7 Å². The fourth-order valence-electron chi connectivity index (χ4n) is 3.07. The third-order valence-electron chi connectivity index (χ3n) is 4.53. The van der Waals surface area contributed by atoms with Crippen molar-refractivity contribution in [2.24, 2.45) is 5.92 Å². The van der Waals surface area contributed by atoms with Crippen molar-refractivity contribution >= 4 is 46.8 Å². The van der Waals surface area contributed by atoms with Crippen LogP contribution in [0, 0.1) is 5.92 Å². The van der Waals surface area contributed by atoms with Crippen LogP contribution in [0.1, 0.15) is 18.4 Å². The van der Waals surface area contributed by atoms with E-state index in [2.05, 4.69) is 5.32 Å². The zero-order chi connectivity index (χ0) is 19.2. The molecule has 0 unspecified atom stereocenters. The molecule has 1 aliphatic rings. The van der Waals surface area contributed by atoms with Crippen molar-refractivity contribution in [2.75, 3.05) is 18.4 Å². The largest absolute Gasteiger partial charge is 0.339 e. The van der Waals surface area contributed by atoms with Gasteiger partial charge >= 0.3 is 0 Å². The highest BCUT2D eigenvalue weighted by Crippen LogP contribution is 2.24. The fraction of sp³-hybridized carbons (Fsp3) is 0.238. The Morgan fingerprint density at radius 1 is 1.00 bits per heavy atom. The molecule has 1 aliphatic heterocycles. The summed E-state index contributed by atoms with van der Waals surface area (Å²) in [5, 5.41) is 3.81. The first-order valence-electron chi connectivity index (χ1n) is 8.80. The lowest BCUT2D eigenvalue weighted by Gasteiger charge is -2.30. The quantitative estimate of drug-likeness (QED) is 0.740. The third-order valence-corrected chi connectivity index (χ3v) is 4.96. The standard InChI is InChI=1S/C21H20Cl2N2O2/c22-17-12-18(23)14-19(13-17)24-21(27)16-8-10-25(11-9-16)20(26)7-6-15-4-2-1-3-5-15/h1-7,12-14,16H,8-11H2,(H,24,27)/b7-6+. The lowest BCUT2D eigenvalue weighted by atomic mass is 9.95. The topological polar surface area (TPSA) is 49.4 Å². The molecule has 0 saturated carbocycles. The second kappa shape index (κ2) is 9.07. The molecule has 0 bridgehead atoms. The summed E-state index contributed by atoms with van der Waals surface area (Å²) in [6, 6.07) is 14.6. The first-order chi connectivity index (χ1) is 13.0. The van der Waals surface area contributed by atoms with Gasteiger partial charge in [0.1, 0.15) is 0 Å². The number of likely N-dealkylation sites (tertiary alicyclic amines) is 1. The highest BCUT2D eigenvalue weighted by molar-refractivity contribution is 6.35. The van der Waals surface area contributed by atoms with E-state index in [9.17, 15) is 9.59 Å². The molecule has 0 atom stereocenters. The number of hydrogen-bond acceptors (Lipinski definition) is 2. The molecule has 4 nitrogen and oxygen atoms in total. The Hall–Kier alpha value is -2.30. The van der Waals surface area contributed by atoms with Crippen molar-refractivity contribution in [3.05, 3.63) is 70.2 Å². The minimum absolute atomic E-state index is 0.0284. The Labute approximate surface area is 168 Å². The Kier molecular flexibility index (Phi) is 6.54. The molecule has 2 amide bonds. The lowest BCUT2D eigenvalue weighted by Crippen LogP contribution is -2.40. The van der Waals surface area contributed by atoms with E-state index in [-0.39, 0.29) is 17.7 Å². The number of nitrogens with zero attached hydrogens (tertiary/aromatic N) is 1. The van der Waals surface area contributed by atoms with Gasteiger partial charge in [-0.25, -0.2) is 0 Å². The van der Waals surface area contributed by atoms with Crippen LogP contribution >= 0.6 is 23.2 Å². The van der Waals surface area contributed by atoms with Gasteiger partial charge in [0.05, 0.1) is 0 Å². The number of halogens is 2. The normalized spacial score (nSPS) is 15.1. The van der Waals surface area contributed by atoms with Crippen LogP contribution in [0.2, 0.25) is 10.0 Å². The number of piperidine rings is 1. The SMILES string of the molecule is O=C(Nc1cc(Cl)cc(Cl)c1)C1CCN(C(=O)/C=C/c2ccccc2)CC1. The van der Waals surface area contributed by atoms with E-state index in [1.54, 1.807) is 29.2 Å². The maximum atomic E-state index is 12.5. The summed E-state index contributed by atoms with van der Waals surface area (Å²) in [7, 11) is 0. The molecular weight excluding hydrogens is 383 g/mol. The number of benzene rings is 2. The smallest absolute Gasteiger partial charge is 0.246 e. The molecule has 0 radical (unpaired) electrons. The van der Waals surface area contributed by atoms with Crippen LogP contribution in [0.3, 0.4) is 0 Å². The Morgan fingerprint density at radius 2 is 1.63 bits per heavy atom.